The summed E-state index contributed by atoms with van der Waals surface area (Å²) in [4.78, 5) is 14.0. The first-order valence-electron chi connectivity index (χ1n) is 6.56. The van der Waals surface area contributed by atoms with Gasteiger partial charge in [0.1, 0.15) is 11.6 Å². The van der Waals surface area contributed by atoms with Crippen molar-refractivity contribution in [2.75, 3.05) is 19.7 Å². The number of nitrogens with zero attached hydrogens (tertiary/aromatic N) is 2. The van der Waals surface area contributed by atoms with E-state index in [1.54, 1.807) is 11.0 Å². The third kappa shape index (κ3) is 4.15. The van der Waals surface area contributed by atoms with E-state index in [0.29, 0.717) is 6.61 Å². The minimum atomic E-state index is -0.578. The fourth-order valence-electron chi connectivity index (χ4n) is 2.17. The molecule has 4 nitrogen and oxygen atoms in total. The first-order chi connectivity index (χ1) is 8.50. The van der Waals surface area contributed by atoms with Gasteiger partial charge >= 0.3 is 0 Å². The molecule has 18 heavy (non-hydrogen) atoms. The predicted molar refractivity (Wildman–Crippen MR) is 69.8 cm³/mol. The van der Waals surface area contributed by atoms with Crippen LogP contribution < -0.4 is 0 Å². The van der Waals surface area contributed by atoms with Crippen LogP contribution in [0.3, 0.4) is 0 Å². The lowest BCUT2D eigenvalue weighted by Gasteiger charge is -2.27. The number of likely N-dealkylation sites (tertiary alicyclic amines) is 1. The molecule has 0 aromatic carbocycles. The maximum atomic E-state index is 12.2. The third-order valence-corrected chi connectivity index (χ3v) is 3.00. The van der Waals surface area contributed by atoms with Gasteiger partial charge in [-0.15, -0.1) is 0 Å². The Morgan fingerprint density at radius 3 is 2.50 bits per heavy atom. The van der Waals surface area contributed by atoms with Gasteiger partial charge in [0.05, 0.1) is 5.60 Å². The third-order valence-electron chi connectivity index (χ3n) is 3.00. The molecule has 1 rings (SSSR count). The van der Waals surface area contributed by atoms with Crippen molar-refractivity contribution in [2.45, 2.75) is 45.6 Å². The van der Waals surface area contributed by atoms with Gasteiger partial charge in [0.25, 0.3) is 5.91 Å². The van der Waals surface area contributed by atoms with Crippen LogP contribution in [-0.4, -0.2) is 36.1 Å². The van der Waals surface area contributed by atoms with Crippen molar-refractivity contribution in [3.05, 3.63) is 11.6 Å². The highest BCUT2D eigenvalue weighted by Crippen LogP contribution is 2.17. The highest BCUT2D eigenvalue weighted by Gasteiger charge is 2.24. The number of amides is 1. The van der Waals surface area contributed by atoms with Crippen molar-refractivity contribution >= 4 is 5.91 Å². The fourth-order valence-corrected chi connectivity index (χ4v) is 2.17. The first kappa shape index (κ1) is 14.7. The van der Waals surface area contributed by atoms with Gasteiger partial charge in [-0.3, -0.25) is 4.79 Å². The monoisotopic (exact) mass is 250 g/mol. The lowest BCUT2D eigenvalue weighted by Crippen LogP contribution is -2.37. The van der Waals surface area contributed by atoms with Crippen LogP contribution in [0.4, 0.5) is 0 Å². The standard InChI is InChI=1S/C14H22N2O2/c1-4-18-14(2,3)10-12(11-15)13(17)16-8-6-5-7-9-16/h10H,4-9H2,1-3H3/b12-10+. The van der Waals surface area contributed by atoms with Crippen LogP contribution in [0, 0.1) is 11.3 Å². The number of nitriles is 1. The Labute approximate surface area is 109 Å². The molecule has 0 aliphatic carbocycles. The van der Waals surface area contributed by atoms with E-state index < -0.39 is 5.60 Å². The molecule has 4 heteroatoms. The molecule has 0 aromatic heterocycles. The molecule has 1 saturated heterocycles. The molecule has 0 spiro atoms. The molecule has 0 bridgehead atoms. The zero-order valence-corrected chi connectivity index (χ0v) is 11.5. The smallest absolute Gasteiger partial charge is 0.264 e. The van der Waals surface area contributed by atoms with Crippen LogP contribution in [0.15, 0.2) is 11.6 Å². The van der Waals surface area contributed by atoms with Crippen molar-refractivity contribution in [2.24, 2.45) is 0 Å². The van der Waals surface area contributed by atoms with Crippen LogP contribution in [0.25, 0.3) is 0 Å². The Morgan fingerprint density at radius 1 is 1.39 bits per heavy atom. The largest absolute Gasteiger partial charge is 0.372 e. The molecule has 1 aliphatic rings. The number of hydrogen-bond donors (Lipinski definition) is 0. The second-order valence-corrected chi connectivity index (χ2v) is 5.06. The molecule has 0 radical (unpaired) electrons. The molecule has 100 valence electrons. The van der Waals surface area contributed by atoms with Crippen LogP contribution in [0.5, 0.6) is 0 Å². The lowest BCUT2D eigenvalue weighted by molar-refractivity contribution is -0.127. The van der Waals surface area contributed by atoms with Crippen LogP contribution in [0.1, 0.15) is 40.0 Å². The molecule has 1 amide bonds. The minimum Gasteiger partial charge on any atom is -0.372 e. The Balaban J connectivity index is 2.79. The summed E-state index contributed by atoms with van der Waals surface area (Å²) in [5.74, 6) is -0.162. The van der Waals surface area contributed by atoms with Gasteiger partial charge in [-0.05, 0) is 46.1 Å². The van der Waals surface area contributed by atoms with Gasteiger partial charge in [-0.1, -0.05) is 0 Å². The summed E-state index contributed by atoms with van der Waals surface area (Å²) >= 11 is 0. The topological polar surface area (TPSA) is 53.3 Å². The number of carbonyl (C=O) groups excluding carboxylic acids is 1. The minimum absolute atomic E-state index is 0.162. The second-order valence-electron chi connectivity index (χ2n) is 5.06. The Kier molecular flexibility index (Phi) is 5.36. The molecule has 1 aliphatic heterocycles. The average Bonchev–Trinajstić information content (AvgIpc) is 2.36. The maximum Gasteiger partial charge on any atom is 0.264 e. The van der Waals surface area contributed by atoms with E-state index in [4.69, 9.17) is 10.00 Å². The summed E-state index contributed by atoms with van der Waals surface area (Å²) in [6, 6.07) is 2.00. The first-order valence-corrected chi connectivity index (χ1v) is 6.56. The van der Waals surface area contributed by atoms with Gasteiger partial charge < -0.3 is 9.64 Å². The fraction of sp³-hybridized carbons (Fsp3) is 0.714. The summed E-state index contributed by atoms with van der Waals surface area (Å²) < 4.78 is 5.50. The number of carbonyl (C=O) groups is 1. The quantitative estimate of drug-likeness (QED) is 0.568. The molecule has 0 atom stereocenters. The van der Waals surface area contributed by atoms with E-state index in [-0.39, 0.29) is 11.5 Å². The Hall–Kier alpha value is -1.34. The molecular weight excluding hydrogens is 228 g/mol. The molecule has 1 heterocycles. The van der Waals surface area contributed by atoms with E-state index in [2.05, 4.69) is 0 Å². The predicted octanol–water partition coefficient (Wildman–Crippen LogP) is 2.26. The Morgan fingerprint density at radius 2 is 2.00 bits per heavy atom. The van der Waals surface area contributed by atoms with Crippen LogP contribution in [0.2, 0.25) is 0 Å². The molecule has 0 saturated carbocycles. The van der Waals surface area contributed by atoms with Crippen molar-refractivity contribution < 1.29 is 9.53 Å². The normalized spacial score (nSPS) is 17.4. The van der Waals surface area contributed by atoms with E-state index >= 15 is 0 Å². The number of ether oxygens (including phenoxy) is 1. The summed E-state index contributed by atoms with van der Waals surface area (Å²) in [6.45, 7) is 7.68. The van der Waals surface area contributed by atoms with Gasteiger partial charge in [0.2, 0.25) is 0 Å². The van der Waals surface area contributed by atoms with Crippen molar-refractivity contribution in [3.63, 3.8) is 0 Å². The van der Waals surface area contributed by atoms with E-state index in [0.717, 1.165) is 25.9 Å². The highest BCUT2D eigenvalue weighted by atomic mass is 16.5. The molecule has 1 fully saturated rings. The summed E-state index contributed by atoms with van der Waals surface area (Å²) in [5, 5.41) is 9.14. The van der Waals surface area contributed by atoms with Gasteiger partial charge in [-0.25, -0.2) is 0 Å². The Bertz CT molecular complexity index is 360. The van der Waals surface area contributed by atoms with Crippen molar-refractivity contribution in [1.29, 1.82) is 5.26 Å². The summed E-state index contributed by atoms with van der Waals surface area (Å²) in [5.41, 5.74) is -0.388. The van der Waals surface area contributed by atoms with E-state index in [1.165, 1.54) is 6.42 Å². The summed E-state index contributed by atoms with van der Waals surface area (Å²) in [7, 11) is 0. The lowest BCUT2D eigenvalue weighted by atomic mass is 10.0. The van der Waals surface area contributed by atoms with Crippen molar-refractivity contribution in [1.82, 2.24) is 4.90 Å². The average molecular weight is 250 g/mol. The van der Waals surface area contributed by atoms with Crippen LogP contribution >= 0.6 is 0 Å². The van der Waals surface area contributed by atoms with E-state index in [9.17, 15) is 4.79 Å². The molecule has 0 N–H and O–H groups in total. The highest BCUT2D eigenvalue weighted by molar-refractivity contribution is 5.97. The van der Waals surface area contributed by atoms with Gasteiger partial charge in [0.15, 0.2) is 0 Å². The molecular formula is C14H22N2O2. The van der Waals surface area contributed by atoms with Crippen molar-refractivity contribution in [3.8, 4) is 6.07 Å². The van der Waals surface area contributed by atoms with Crippen LogP contribution in [-0.2, 0) is 9.53 Å². The summed E-state index contributed by atoms with van der Waals surface area (Å²) in [6.07, 6.45) is 4.85. The second kappa shape index (κ2) is 6.55. The van der Waals surface area contributed by atoms with Gasteiger partial charge in [-0.2, -0.15) is 5.26 Å². The zero-order chi connectivity index (χ0) is 13.6. The zero-order valence-electron chi connectivity index (χ0n) is 11.5. The number of hydrogen-bond acceptors (Lipinski definition) is 3. The maximum absolute atomic E-state index is 12.2. The number of rotatable bonds is 4. The van der Waals surface area contributed by atoms with E-state index in [1.807, 2.05) is 26.8 Å². The molecule has 0 unspecified atom stereocenters. The van der Waals surface area contributed by atoms with Gasteiger partial charge in [0, 0.05) is 19.7 Å². The molecule has 0 aromatic rings. The SMILES string of the molecule is CCOC(C)(C)/C=C(\C#N)C(=O)N1CCCCC1. The number of piperidine rings is 1.